The third kappa shape index (κ3) is 2.27. The Morgan fingerprint density at radius 2 is 2.00 bits per heavy atom. The number of aldehydes is 1. The molecule has 0 aliphatic rings. The number of carbonyl (C=O) groups is 2. The summed E-state index contributed by atoms with van der Waals surface area (Å²) in [6, 6.07) is 6.23. The van der Waals surface area contributed by atoms with E-state index < -0.39 is 5.97 Å². The zero-order chi connectivity index (χ0) is 14.2. The molecule has 0 fully saturated rings. The van der Waals surface area contributed by atoms with E-state index in [0.29, 0.717) is 16.3 Å². The van der Waals surface area contributed by atoms with Crippen LogP contribution in [0.3, 0.4) is 0 Å². The van der Waals surface area contributed by atoms with Gasteiger partial charge in [0.05, 0.1) is 16.3 Å². The molecule has 5 heteroatoms. The van der Waals surface area contributed by atoms with Gasteiger partial charge in [-0.1, -0.05) is 11.6 Å². The lowest BCUT2D eigenvalue weighted by Gasteiger charge is -2.12. The van der Waals surface area contributed by atoms with Gasteiger partial charge in [-0.15, -0.1) is 0 Å². The Morgan fingerprint density at radius 1 is 1.32 bits per heavy atom. The van der Waals surface area contributed by atoms with Crippen LogP contribution in [-0.4, -0.2) is 21.9 Å². The molecule has 4 nitrogen and oxygen atoms in total. The molecule has 2 aromatic rings. The predicted octanol–water partition coefficient (Wildman–Crippen LogP) is 3.26. The van der Waals surface area contributed by atoms with Gasteiger partial charge in [-0.25, -0.2) is 4.79 Å². The number of halogens is 1. The zero-order valence-electron chi connectivity index (χ0n) is 10.5. The first-order chi connectivity index (χ1) is 8.95. The van der Waals surface area contributed by atoms with Crippen LogP contribution in [0.15, 0.2) is 24.3 Å². The van der Waals surface area contributed by atoms with Gasteiger partial charge in [-0.2, -0.15) is 0 Å². The minimum atomic E-state index is -1.02. The van der Waals surface area contributed by atoms with E-state index in [1.807, 2.05) is 6.92 Å². The second-order valence-corrected chi connectivity index (χ2v) is 4.66. The Balaban J connectivity index is 2.71. The topological polar surface area (TPSA) is 59.3 Å². The molecule has 0 saturated carbocycles. The van der Waals surface area contributed by atoms with Crippen LogP contribution >= 0.6 is 11.6 Å². The summed E-state index contributed by atoms with van der Waals surface area (Å²) in [6.45, 7) is 3.63. The van der Waals surface area contributed by atoms with Gasteiger partial charge in [-0.3, -0.25) is 4.79 Å². The number of carboxylic acid groups (broad SMARTS) is 1. The van der Waals surface area contributed by atoms with Gasteiger partial charge in [0.2, 0.25) is 0 Å². The highest BCUT2D eigenvalue weighted by atomic mass is 35.5. The molecule has 0 radical (unpaired) electrons. The summed E-state index contributed by atoms with van der Waals surface area (Å²) >= 11 is 6.13. The second kappa shape index (κ2) is 4.90. The van der Waals surface area contributed by atoms with E-state index in [9.17, 15) is 9.59 Å². The lowest BCUT2D eigenvalue weighted by Crippen LogP contribution is -2.04. The van der Waals surface area contributed by atoms with Crippen LogP contribution in [-0.2, 0) is 0 Å². The van der Waals surface area contributed by atoms with E-state index in [0.717, 1.165) is 17.7 Å². The number of carbonyl (C=O) groups excluding carboxylic acids is 1. The fourth-order valence-electron chi connectivity index (χ4n) is 2.09. The maximum Gasteiger partial charge on any atom is 0.335 e. The highest BCUT2D eigenvalue weighted by Crippen LogP contribution is 2.27. The van der Waals surface area contributed by atoms with Crippen molar-refractivity contribution in [1.82, 2.24) is 4.57 Å². The molecule has 1 aromatic carbocycles. The van der Waals surface area contributed by atoms with Crippen molar-refractivity contribution in [3.8, 4) is 5.69 Å². The summed E-state index contributed by atoms with van der Waals surface area (Å²) in [5.74, 6) is -1.02. The molecule has 0 aliphatic heterocycles. The predicted molar refractivity (Wildman–Crippen MR) is 72.6 cm³/mol. The fourth-order valence-corrected chi connectivity index (χ4v) is 2.30. The Bertz CT molecular complexity index is 674. The quantitative estimate of drug-likeness (QED) is 0.876. The van der Waals surface area contributed by atoms with Crippen LogP contribution in [0.4, 0.5) is 0 Å². The maximum atomic E-state index is 11.0. The molecule has 0 atom stereocenters. The van der Waals surface area contributed by atoms with Crippen molar-refractivity contribution in [3.63, 3.8) is 0 Å². The number of benzene rings is 1. The maximum absolute atomic E-state index is 11.0. The normalized spacial score (nSPS) is 10.5. The first-order valence-electron chi connectivity index (χ1n) is 5.63. The van der Waals surface area contributed by atoms with E-state index in [1.54, 1.807) is 23.6 Å². The number of rotatable bonds is 3. The van der Waals surface area contributed by atoms with E-state index >= 15 is 0 Å². The summed E-state index contributed by atoms with van der Waals surface area (Å²) in [5, 5.41) is 9.46. The first kappa shape index (κ1) is 13.4. The molecular weight excluding hydrogens is 266 g/mol. The smallest absolute Gasteiger partial charge is 0.335 e. The summed E-state index contributed by atoms with van der Waals surface area (Å²) in [5.41, 5.74) is 2.83. The van der Waals surface area contributed by atoms with Crippen LogP contribution in [0.2, 0.25) is 5.02 Å². The molecule has 0 bridgehead atoms. The Labute approximate surface area is 115 Å². The number of aromatic carboxylic acids is 1. The van der Waals surface area contributed by atoms with Gasteiger partial charge in [-0.05, 0) is 38.1 Å². The SMILES string of the molecule is Cc1cc(C=O)c(C)n1-c1cc(C(=O)O)ccc1Cl. The van der Waals surface area contributed by atoms with Gasteiger partial charge in [0.1, 0.15) is 0 Å². The van der Waals surface area contributed by atoms with Crippen molar-refractivity contribution < 1.29 is 14.7 Å². The highest BCUT2D eigenvalue weighted by molar-refractivity contribution is 6.32. The average Bonchev–Trinajstić information content (AvgIpc) is 2.65. The number of hydrogen-bond acceptors (Lipinski definition) is 2. The molecule has 19 heavy (non-hydrogen) atoms. The molecule has 1 aromatic heterocycles. The minimum Gasteiger partial charge on any atom is -0.478 e. The largest absolute Gasteiger partial charge is 0.478 e. The average molecular weight is 278 g/mol. The monoisotopic (exact) mass is 277 g/mol. The summed E-state index contributed by atoms with van der Waals surface area (Å²) in [6.07, 6.45) is 0.772. The lowest BCUT2D eigenvalue weighted by molar-refractivity contribution is 0.0696. The van der Waals surface area contributed by atoms with Gasteiger partial charge in [0.25, 0.3) is 0 Å². The van der Waals surface area contributed by atoms with Crippen molar-refractivity contribution in [2.75, 3.05) is 0 Å². The molecular formula is C14H12ClNO3. The highest BCUT2D eigenvalue weighted by Gasteiger charge is 2.14. The van der Waals surface area contributed by atoms with E-state index in [-0.39, 0.29) is 5.56 Å². The van der Waals surface area contributed by atoms with Crippen molar-refractivity contribution >= 4 is 23.9 Å². The fraction of sp³-hybridized carbons (Fsp3) is 0.143. The van der Waals surface area contributed by atoms with Gasteiger partial charge < -0.3 is 9.67 Å². The van der Waals surface area contributed by atoms with Crippen LogP contribution in [0.5, 0.6) is 0 Å². The standard InChI is InChI=1S/C14H12ClNO3/c1-8-5-11(7-17)9(2)16(8)13-6-10(14(18)19)3-4-12(13)15/h3-7H,1-2H3,(H,18,19). The van der Waals surface area contributed by atoms with Crippen LogP contribution in [0, 0.1) is 13.8 Å². The summed E-state index contributed by atoms with van der Waals surface area (Å²) < 4.78 is 1.78. The third-order valence-electron chi connectivity index (χ3n) is 3.03. The zero-order valence-corrected chi connectivity index (χ0v) is 11.2. The molecule has 0 unspecified atom stereocenters. The van der Waals surface area contributed by atoms with Crippen molar-refractivity contribution in [3.05, 3.63) is 51.8 Å². The van der Waals surface area contributed by atoms with E-state index in [4.69, 9.17) is 16.7 Å². The summed E-state index contributed by atoms with van der Waals surface area (Å²) in [4.78, 5) is 22.0. The molecule has 1 N–H and O–H groups in total. The Morgan fingerprint density at radius 3 is 2.53 bits per heavy atom. The Kier molecular flexibility index (Phi) is 3.44. The third-order valence-corrected chi connectivity index (χ3v) is 3.35. The number of aryl methyl sites for hydroxylation is 1. The lowest BCUT2D eigenvalue weighted by atomic mass is 10.2. The first-order valence-corrected chi connectivity index (χ1v) is 6.01. The van der Waals surface area contributed by atoms with Crippen molar-refractivity contribution in [2.24, 2.45) is 0 Å². The number of hydrogen-bond donors (Lipinski definition) is 1. The van der Waals surface area contributed by atoms with Gasteiger partial charge >= 0.3 is 5.97 Å². The molecule has 0 amide bonds. The molecule has 98 valence electrons. The molecule has 0 aliphatic carbocycles. The van der Waals surface area contributed by atoms with Gasteiger partial charge in [0.15, 0.2) is 6.29 Å². The van der Waals surface area contributed by atoms with Gasteiger partial charge in [0, 0.05) is 17.0 Å². The Hall–Kier alpha value is -2.07. The molecule has 2 rings (SSSR count). The van der Waals surface area contributed by atoms with Crippen molar-refractivity contribution in [1.29, 1.82) is 0 Å². The number of nitrogens with zero attached hydrogens (tertiary/aromatic N) is 1. The summed E-state index contributed by atoms with van der Waals surface area (Å²) in [7, 11) is 0. The van der Waals surface area contributed by atoms with Crippen molar-refractivity contribution in [2.45, 2.75) is 13.8 Å². The molecule has 1 heterocycles. The van der Waals surface area contributed by atoms with E-state index in [1.165, 1.54) is 12.1 Å². The number of aromatic nitrogens is 1. The molecule has 0 saturated heterocycles. The van der Waals surface area contributed by atoms with E-state index in [2.05, 4.69) is 0 Å². The van der Waals surface area contributed by atoms with Crippen LogP contribution < -0.4 is 0 Å². The minimum absolute atomic E-state index is 0.152. The number of carboxylic acids is 1. The van der Waals surface area contributed by atoms with Crippen LogP contribution in [0.25, 0.3) is 5.69 Å². The van der Waals surface area contributed by atoms with Crippen LogP contribution in [0.1, 0.15) is 32.1 Å². The molecule has 0 spiro atoms. The second-order valence-electron chi connectivity index (χ2n) is 4.25.